The van der Waals surface area contributed by atoms with Crippen LogP contribution in [0.4, 0.5) is 0 Å². The Hall–Kier alpha value is -4.56. The summed E-state index contributed by atoms with van der Waals surface area (Å²) in [6.45, 7) is 1.18. The highest BCUT2D eigenvalue weighted by Gasteiger charge is 2.56. The van der Waals surface area contributed by atoms with Gasteiger partial charge in [-0.05, 0) is 33.9 Å². The first kappa shape index (κ1) is 32.4. The second kappa shape index (κ2) is 16.3. The van der Waals surface area contributed by atoms with Gasteiger partial charge in [-0.2, -0.15) is 0 Å². The molecule has 5 aromatic carbocycles. The van der Waals surface area contributed by atoms with Crippen molar-refractivity contribution in [2.75, 3.05) is 0 Å². The van der Waals surface area contributed by atoms with Crippen molar-refractivity contribution in [3.05, 3.63) is 191 Å². The fourth-order valence-electron chi connectivity index (χ4n) is 5.61. The Morgan fingerprint density at radius 1 is 0.426 bits per heavy atom. The van der Waals surface area contributed by atoms with Crippen molar-refractivity contribution in [1.82, 2.24) is 0 Å². The first-order valence-electron chi connectivity index (χ1n) is 15.9. The third-order valence-corrected chi connectivity index (χ3v) is 8.11. The summed E-state index contributed by atoms with van der Waals surface area (Å²) in [6, 6.07) is 49.4. The zero-order chi connectivity index (χ0) is 32.2. The Balaban J connectivity index is 1.40. The first-order valence-corrected chi connectivity index (χ1v) is 15.9. The van der Waals surface area contributed by atoms with E-state index >= 15 is 0 Å². The molecule has 1 unspecified atom stereocenters. The van der Waals surface area contributed by atoms with Crippen molar-refractivity contribution in [3.63, 3.8) is 0 Å². The van der Waals surface area contributed by atoms with Gasteiger partial charge in [0, 0.05) is 0 Å². The van der Waals surface area contributed by atoms with E-state index in [1.54, 1.807) is 6.08 Å². The molecule has 1 N–H and O–H groups in total. The normalized spacial score (nSPS) is 18.8. The number of hydrogen-bond donors (Lipinski definition) is 1. The van der Waals surface area contributed by atoms with Crippen LogP contribution in [0.3, 0.4) is 0 Å². The fraction of sp³-hybridized carbons (Fsp3) is 0.220. The number of benzene rings is 5. The molecule has 1 aliphatic rings. The lowest BCUT2D eigenvalue weighted by molar-refractivity contribution is -0.327. The van der Waals surface area contributed by atoms with Crippen molar-refractivity contribution in [2.24, 2.45) is 0 Å². The van der Waals surface area contributed by atoms with Crippen LogP contribution < -0.4 is 0 Å². The average molecular weight is 629 g/mol. The van der Waals surface area contributed by atoms with E-state index in [-0.39, 0.29) is 25.6 Å². The quantitative estimate of drug-likeness (QED) is 0.118. The molecule has 0 aliphatic heterocycles. The minimum absolute atomic E-state index is 0.125. The van der Waals surface area contributed by atoms with Crippen LogP contribution in [0.2, 0.25) is 0 Å². The van der Waals surface area contributed by atoms with Gasteiger partial charge in [0.05, 0.1) is 33.0 Å². The highest BCUT2D eigenvalue weighted by atomic mass is 16.7. The smallest absolute Gasteiger partial charge is 0.257 e. The van der Waals surface area contributed by atoms with Gasteiger partial charge in [0.2, 0.25) is 0 Å². The minimum atomic E-state index is -1.71. The summed E-state index contributed by atoms with van der Waals surface area (Å²) in [5.41, 5.74) is 4.81. The lowest BCUT2D eigenvalue weighted by Gasteiger charge is -2.47. The number of rotatable bonds is 15. The zero-order valence-electron chi connectivity index (χ0n) is 26.3. The molecule has 0 amide bonds. The van der Waals surface area contributed by atoms with E-state index in [0.29, 0.717) is 13.2 Å². The van der Waals surface area contributed by atoms with E-state index in [2.05, 4.69) is 0 Å². The molecule has 0 fully saturated rings. The fourth-order valence-corrected chi connectivity index (χ4v) is 5.61. The molecular formula is C41H40O6. The molecule has 3 atom stereocenters. The molecule has 0 aromatic heterocycles. The maximum absolute atomic E-state index is 12.0. The van der Waals surface area contributed by atoms with Gasteiger partial charge in [-0.3, -0.25) is 0 Å². The number of aliphatic hydroxyl groups is 1. The van der Waals surface area contributed by atoms with Crippen LogP contribution in [0.25, 0.3) is 0 Å². The molecular weight excluding hydrogens is 588 g/mol. The molecule has 0 bridgehead atoms. The van der Waals surface area contributed by atoms with E-state index in [4.69, 9.17) is 23.7 Å². The molecule has 1 aliphatic carbocycles. The van der Waals surface area contributed by atoms with Crippen LogP contribution in [0.5, 0.6) is 0 Å². The molecule has 0 saturated carbocycles. The SMILES string of the molecule is OC1=C[C@H](OCc2ccccc2)[C@@H](OCc2ccccc2)C(OCc2ccccc2)C1(OCc1ccccc1)OCc1ccccc1. The minimum Gasteiger partial charge on any atom is -0.507 e. The Kier molecular flexibility index (Phi) is 11.2. The molecule has 6 rings (SSSR count). The van der Waals surface area contributed by atoms with Crippen molar-refractivity contribution in [1.29, 1.82) is 0 Å². The van der Waals surface area contributed by atoms with E-state index in [1.165, 1.54) is 0 Å². The zero-order valence-corrected chi connectivity index (χ0v) is 26.3. The molecule has 47 heavy (non-hydrogen) atoms. The first-order chi connectivity index (χ1) is 23.2. The molecule has 0 heterocycles. The van der Waals surface area contributed by atoms with Gasteiger partial charge in [0.25, 0.3) is 5.79 Å². The number of hydrogen-bond acceptors (Lipinski definition) is 6. The maximum Gasteiger partial charge on any atom is 0.257 e. The van der Waals surface area contributed by atoms with Crippen LogP contribution >= 0.6 is 0 Å². The topological polar surface area (TPSA) is 66.4 Å². The molecule has 0 spiro atoms. The monoisotopic (exact) mass is 628 g/mol. The summed E-state index contributed by atoms with van der Waals surface area (Å²) in [5, 5.41) is 12.0. The van der Waals surface area contributed by atoms with Gasteiger partial charge < -0.3 is 28.8 Å². The van der Waals surface area contributed by atoms with Crippen LogP contribution in [-0.2, 0) is 56.7 Å². The third-order valence-electron chi connectivity index (χ3n) is 8.11. The van der Waals surface area contributed by atoms with Crippen molar-refractivity contribution in [3.8, 4) is 0 Å². The summed E-state index contributed by atoms with van der Waals surface area (Å²) >= 11 is 0. The highest BCUT2D eigenvalue weighted by Crippen LogP contribution is 2.40. The highest BCUT2D eigenvalue weighted by molar-refractivity contribution is 5.24. The number of aliphatic hydroxyl groups excluding tert-OH is 1. The van der Waals surface area contributed by atoms with Crippen LogP contribution in [0, 0.1) is 0 Å². The van der Waals surface area contributed by atoms with Crippen molar-refractivity contribution < 1.29 is 28.8 Å². The Labute approximate surface area is 276 Å². The van der Waals surface area contributed by atoms with Crippen LogP contribution in [-0.4, -0.2) is 29.2 Å². The summed E-state index contributed by atoms with van der Waals surface area (Å²) in [5.74, 6) is -1.84. The predicted molar refractivity (Wildman–Crippen MR) is 181 cm³/mol. The summed E-state index contributed by atoms with van der Waals surface area (Å²) < 4.78 is 33.3. The van der Waals surface area contributed by atoms with Crippen molar-refractivity contribution >= 4 is 0 Å². The number of ether oxygens (including phenoxy) is 5. The molecule has 0 radical (unpaired) electrons. The van der Waals surface area contributed by atoms with Gasteiger partial charge in [-0.1, -0.05) is 152 Å². The molecule has 5 aromatic rings. The second-order valence-corrected chi connectivity index (χ2v) is 11.5. The third kappa shape index (κ3) is 8.63. The van der Waals surface area contributed by atoms with Crippen LogP contribution in [0.1, 0.15) is 27.8 Å². The van der Waals surface area contributed by atoms with Gasteiger partial charge in [-0.25, -0.2) is 0 Å². The molecule has 240 valence electrons. The van der Waals surface area contributed by atoms with E-state index in [9.17, 15) is 5.11 Å². The lowest BCUT2D eigenvalue weighted by Crippen LogP contribution is -2.62. The Morgan fingerprint density at radius 2 is 0.766 bits per heavy atom. The summed E-state index contributed by atoms with van der Waals surface area (Å²) in [7, 11) is 0. The second-order valence-electron chi connectivity index (χ2n) is 11.5. The van der Waals surface area contributed by atoms with Crippen molar-refractivity contribution in [2.45, 2.75) is 57.1 Å². The summed E-state index contributed by atoms with van der Waals surface area (Å²) in [4.78, 5) is 0. The van der Waals surface area contributed by atoms with Gasteiger partial charge in [-0.15, -0.1) is 0 Å². The van der Waals surface area contributed by atoms with E-state index in [1.807, 2.05) is 152 Å². The predicted octanol–water partition coefficient (Wildman–Crippen LogP) is 8.33. The Bertz CT molecular complexity index is 1600. The molecule has 6 nitrogen and oxygen atoms in total. The van der Waals surface area contributed by atoms with E-state index < -0.39 is 24.1 Å². The summed E-state index contributed by atoms with van der Waals surface area (Å²) in [6.07, 6.45) is -0.667. The molecule has 6 heteroatoms. The molecule has 0 saturated heterocycles. The lowest BCUT2D eigenvalue weighted by atomic mass is 9.89. The largest absolute Gasteiger partial charge is 0.507 e. The van der Waals surface area contributed by atoms with Crippen LogP contribution in [0.15, 0.2) is 163 Å². The van der Waals surface area contributed by atoms with E-state index in [0.717, 1.165) is 27.8 Å². The van der Waals surface area contributed by atoms with Gasteiger partial charge >= 0.3 is 0 Å². The standard InChI is InChI=1S/C41H40O6/c42-38-26-37(43-27-32-16-6-1-7-17-32)39(44-28-33-18-8-2-9-19-33)40(45-29-34-20-10-3-11-21-34)41(38,46-30-35-22-12-4-13-23-35)47-31-36-24-14-5-15-25-36/h1-26,37,39-40,42H,27-31H2/t37-,39+,40?/m0/s1. The van der Waals surface area contributed by atoms with Gasteiger partial charge in [0.1, 0.15) is 18.3 Å². The maximum atomic E-state index is 12.0. The van der Waals surface area contributed by atoms with Gasteiger partial charge in [0.15, 0.2) is 5.76 Å². The average Bonchev–Trinajstić information content (AvgIpc) is 3.14. The Morgan fingerprint density at radius 3 is 1.17 bits per heavy atom.